The van der Waals surface area contributed by atoms with Crippen LogP contribution in [0.4, 0.5) is 0 Å². The number of ether oxygens (including phenoxy) is 2. The Kier molecular flexibility index (Phi) is 11.1. The summed E-state index contributed by atoms with van der Waals surface area (Å²) in [4.78, 5) is 0. The van der Waals surface area contributed by atoms with Gasteiger partial charge in [-0.3, -0.25) is 0 Å². The minimum atomic E-state index is -1.92. The lowest BCUT2D eigenvalue weighted by Crippen LogP contribution is -2.41. The molecule has 0 rings (SSSR count). The fourth-order valence-corrected chi connectivity index (χ4v) is 4.35. The van der Waals surface area contributed by atoms with Gasteiger partial charge in [0, 0.05) is 12.7 Å². The molecule has 0 saturated carbocycles. The maximum absolute atomic E-state index is 11.2. The quantitative estimate of drug-likeness (QED) is 0.136. The minimum Gasteiger partial charge on any atom is -0.469 e. The summed E-state index contributed by atoms with van der Waals surface area (Å²) in [5.41, 5.74) is 3.81. The molecule has 0 aromatic heterocycles. The predicted molar refractivity (Wildman–Crippen MR) is 115 cm³/mol. The van der Waals surface area contributed by atoms with Crippen LogP contribution in [0.2, 0.25) is 18.1 Å². The summed E-state index contributed by atoms with van der Waals surface area (Å²) in [6.45, 7) is 18.0. The van der Waals surface area contributed by atoms with Crippen molar-refractivity contribution >= 4 is 8.07 Å². The number of rotatable bonds is 12. The van der Waals surface area contributed by atoms with Gasteiger partial charge < -0.3 is 14.6 Å². The molecule has 0 aromatic rings. The van der Waals surface area contributed by atoms with Crippen LogP contribution in [0.5, 0.6) is 0 Å². The molecule has 1 N–H and O–H groups in total. The monoisotopic (exact) mass is 384 g/mol. The van der Waals surface area contributed by atoms with Crippen molar-refractivity contribution in [3.8, 4) is 0 Å². The Morgan fingerprint density at radius 2 is 1.58 bits per heavy atom. The van der Waals surface area contributed by atoms with Crippen molar-refractivity contribution in [2.45, 2.75) is 110 Å². The molecule has 0 bridgehead atoms. The Bertz CT molecular complexity index is 464. The molecule has 0 fully saturated rings. The lowest BCUT2D eigenvalue weighted by Gasteiger charge is -2.37. The fourth-order valence-electron chi connectivity index (χ4n) is 2.79. The van der Waals surface area contributed by atoms with Crippen molar-refractivity contribution in [1.29, 1.82) is 0 Å². The molecule has 4 heteroatoms. The summed E-state index contributed by atoms with van der Waals surface area (Å²) < 4.78 is 11.2. The van der Waals surface area contributed by atoms with Crippen LogP contribution in [0.3, 0.4) is 0 Å². The molecule has 0 amide bonds. The molecular weight excluding hydrogens is 340 g/mol. The Morgan fingerprint density at radius 1 is 1.00 bits per heavy atom. The lowest BCUT2D eigenvalue weighted by molar-refractivity contribution is 0.0122. The van der Waals surface area contributed by atoms with Gasteiger partial charge in [-0.05, 0) is 30.7 Å². The Balaban J connectivity index is 6.18. The van der Waals surface area contributed by atoms with Gasteiger partial charge in [0.05, 0.1) is 5.60 Å². The van der Waals surface area contributed by atoms with Crippen LogP contribution in [0.25, 0.3) is 0 Å². The van der Waals surface area contributed by atoms with E-state index in [4.69, 9.17) is 9.47 Å². The van der Waals surface area contributed by atoms with E-state index in [0.717, 1.165) is 23.8 Å². The summed E-state index contributed by atoms with van der Waals surface area (Å²) in [7, 11) is -0.276. The van der Waals surface area contributed by atoms with Gasteiger partial charge in [0.2, 0.25) is 0 Å². The second-order valence-corrected chi connectivity index (χ2v) is 14.1. The largest absolute Gasteiger partial charge is 0.469 e. The topological polar surface area (TPSA) is 38.7 Å². The van der Waals surface area contributed by atoms with E-state index in [1.165, 1.54) is 19.3 Å². The van der Waals surface area contributed by atoms with Gasteiger partial charge in [0.1, 0.15) is 13.5 Å². The Labute approximate surface area is 163 Å². The first-order valence-corrected chi connectivity index (χ1v) is 13.3. The van der Waals surface area contributed by atoms with Gasteiger partial charge in [-0.1, -0.05) is 79.6 Å². The van der Waals surface area contributed by atoms with Crippen LogP contribution in [-0.2, 0) is 9.47 Å². The summed E-state index contributed by atoms with van der Waals surface area (Å²) in [6, 6.07) is 0. The molecule has 154 valence electrons. The van der Waals surface area contributed by atoms with E-state index in [1.54, 1.807) is 7.11 Å². The van der Waals surface area contributed by atoms with Crippen molar-refractivity contribution in [2.24, 2.45) is 0 Å². The first-order chi connectivity index (χ1) is 12.0. The highest BCUT2D eigenvalue weighted by Gasteiger charge is 2.41. The summed E-state index contributed by atoms with van der Waals surface area (Å²) in [6.07, 6.45) is 7.03. The van der Waals surface area contributed by atoms with E-state index in [0.29, 0.717) is 12.8 Å². The van der Waals surface area contributed by atoms with Gasteiger partial charge in [-0.2, -0.15) is 0 Å². The molecule has 0 radical (unpaired) electrons. The molecular formula is C22H44O3Si. The fraction of sp³-hybridized carbons (Fsp3) is 0.864. The van der Waals surface area contributed by atoms with Gasteiger partial charge in [0.25, 0.3) is 0 Å². The van der Waals surface area contributed by atoms with Crippen LogP contribution in [0.15, 0.2) is 16.7 Å². The molecule has 0 atom stereocenters. The second-order valence-electron chi connectivity index (χ2n) is 8.91. The third kappa shape index (κ3) is 7.23. The molecule has 0 aliphatic rings. The minimum absolute atomic E-state index is 0.132. The number of unbranched alkanes of at least 4 members (excludes halogenated alkanes) is 3. The average molecular weight is 385 g/mol. The Hall–Kier alpha value is -0.543. The highest BCUT2D eigenvalue weighted by Crippen LogP contribution is 2.41. The molecule has 0 unspecified atom stereocenters. The maximum Gasteiger partial charge on any atom is 0.188 e. The van der Waals surface area contributed by atoms with Crippen molar-refractivity contribution in [3.05, 3.63) is 16.7 Å². The predicted octanol–water partition coefficient (Wildman–Crippen LogP) is 6.59. The van der Waals surface area contributed by atoms with Crippen LogP contribution >= 0.6 is 0 Å². The van der Waals surface area contributed by atoms with E-state index >= 15 is 0 Å². The van der Waals surface area contributed by atoms with Crippen LogP contribution < -0.4 is 0 Å². The molecule has 0 aliphatic heterocycles. The number of hydrogen-bond donors (Lipinski definition) is 1. The van der Waals surface area contributed by atoms with Crippen molar-refractivity contribution in [2.75, 3.05) is 13.9 Å². The van der Waals surface area contributed by atoms with E-state index in [1.807, 2.05) is 0 Å². The maximum atomic E-state index is 11.2. The standard InChI is InChI=1S/C22H44O3Si/c1-10-13-14-15-16-19(22(23,11-2)12-3)17-20(25-18-24-7)26(8,9)21(4,5)6/h23H,10-16,18H2,1-9H3. The molecule has 3 nitrogen and oxygen atoms in total. The molecule has 26 heavy (non-hydrogen) atoms. The van der Waals surface area contributed by atoms with Gasteiger partial charge >= 0.3 is 0 Å². The van der Waals surface area contributed by atoms with Crippen LogP contribution in [-0.4, -0.2) is 32.7 Å². The third-order valence-electron chi connectivity index (χ3n) is 6.04. The summed E-state index contributed by atoms with van der Waals surface area (Å²) in [5, 5.41) is 12.3. The smallest absolute Gasteiger partial charge is 0.188 e. The van der Waals surface area contributed by atoms with E-state index in [9.17, 15) is 5.11 Å². The summed E-state index contributed by atoms with van der Waals surface area (Å²) >= 11 is 0. The number of hydrogen-bond acceptors (Lipinski definition) is 3. The number of aliphatic hydroxyl groups is 1. The first kappa shape index (κ1) is 25.5. The van der Waals surface area contributed by atoms with Gasteiger partial charge in [-0.15, -0.1) is 0 Å². The average Bonchev–Trinajstić information content (AvgIpc) is 2.58. The SMILES string of the molecule is CCCCCCC(=C=C(OCOC)[Si](C)(C)C(C)(C)C)C(O)(CC)CC. The van der Waals surface area contributed by atoms with Crippen LogP contribution in [0, 0.1) is 0 Å². The molecule has 0 aromatic carbocycles. The molecule has 0 aliphatic carbocycles. The number of methoxy groups -OCH3 is 1. The molecule has 0 saturated heterocycles. The summed E-state index contributed by atoms with van der Waals surface area (Å²) in [5.74, 6) is 0. The highest BCUT2D eigenvalue weighted by molar-refractivity contribution is 6.86. The van der Waals surface area contributed by atoms with E-state index in [-0.39, 0.29) is 11.8 Å². The van der Waals surface area contributed by atoms with Gasteiger partial charge in [-0.25, -0.2) is 0 Å². The van der Waals surface area contributed by atoms with Crippen molar-refractivity contribution in [1.82, 2.24) is 0 Å². The molecule has 0 spiro atoms. The molecule has 0 heterocycles. The van der Waals surface area contributed by atoms with Crippen molar-refractivity contribution < 1.29 is 14.6 Å². The normalized spacial score (nSPS) is 12.7. The highest BCUT2D eigenvalue weighted by atomic mass is 28.3. The van der Waals surface area contributed by atoms with Crippen molar-refractivity contribution in [3.63, 3.8) is 0 Å². The lowest BCUT2D eigenvalue weighted by atomic mass is 9.85. The zero-order chi connectivity index (χ0) is 20.4. The first-order valence-electron chi connectivity index (χ1n) is 10.3. The zero-order valence-electron chi connectivity index (χ0n) is 18.9. The Morgan fingerprint density at radius 3 is 2.00 bits per heavy atom. The zero-order valence-corrected chi connectivity index (χ0v) is 19.9. The van der Waals surface area contributed by atoms with E-state index in [2.05, 4.69) is 60.4 Å². The van der Waals surface area contributed by atoms with Crippen LogP contribution in [0.1, 0.15) is 86.5 Å². The third-order valence-corrected chi connectivity index (χ3v) is 11.2. The second kappa shape index (κ2) is 11.3. The van der Waals surface area contributed by atoms with Gasteiger partial charge in [0.15, 0.2) is 6.79 Å². The van der Waals surface area contributed by atoms with E-state index < -0.39 is 13.7 Å².